The van der Waals surface area contributed by atoms with Crippen LogP contribution < -0.4 is 10.2 Å². The summed E-state index contributed by atoms with van der Waals surface area (Å²) < 4.78 is 40.9. The molecule has 0 bridgehead atoms. The average molecular weight is 510 g/mol. The lowest BCUT2D eigenvalue weighted by Crippen LogP contribution is -2.48. The normalized spacial score (nSPS) is 15.3. The summed E-state index contributed by atoms with van der Waals surface area (Å²) in [6, 6.07) is 3.50. The highest BCUT2D eigenvalue weighted by Crippen LogP contribution is 2.37. The van der Waals surface area contributed by atoms with Crippen molar-refractivity contribution in [2.45, 2.75) is 12.7 Å². The van der Waals surface area contributed by atoms with Gasteiger partial charge in [-0.3, -0.25) is 24.4 Å². The van der Waals surface area contributed by atoms with E-state index in [0.29, 0.717) is 24.9 Å². The van der Waals surface area contributed by atoms with Crippen LogP contribution in [0, 0.1) is 0 Å². The van der Waals surface area contributed by atoms with Gasteiger partial charge in [0.25, 0.3) is 5.91 Å². The fourth-order valence-electron chi connectivity index (χ4n) is 3.76. The number of aromatic nitrogens is 3. The van der Waals surface area contributed by atoms with Gasteiger partial charge in [0.15, 0.2) is 16.6 Å². The highest BCUT2D eigenvalue weighted by atomic mass is 35.5. The minimum absolute atomic E-state index is 0.198. The molecule has 2 aliphatic rings. The van der Waals surface area contributed by atoms with E-state index in [0.717, 1.165) is 23.5 Å². The van der Waals surface area contributed by atoms with Crippen molar-refractivity contribution in [2.24, 2.45) is 4.99 Å². The van der Waals surface area contributed by atoms with Gasteiger partial charge in [-0.1, -0.05) is 17.7 Å². The van der Waals surface area contributed by atoms with Crippen molar-refractivity contribution in [3.63, 3.8) is 0 Å². The van der Waals surface area contributed by atoms with Crippen molar-refractivity contribution in [1.82, 2.24) is 19.4 Å². The van der Waals surface area contributed by atoms with Crippen molar-refractivity contribution in [3.05, 3.63) is 46.2 Å². The maximum Gasteiger partial charge on any atom is 0.417 e. The summed E-state index contributed by atoms with van der Waals surface area (Å²) in [7, 11) is 1.61. The number of carbonyl (C=O) groups excluding carboxylic acids is 2. The number of rotatable bonds is 4. The van der Waals surface area contributed by atoms with E-state index in [9.17, 15) is 22.8 Å². The van der Waals surface area contributed by atoms with E-state index < -0.39 is 22.7 Å². The number of guanidine groups is 1. The molecule has 34 heavy (non-hydrogen) atoms. The van der Waals surface area contributed by atoms with Crippen LogP contribution >= 0.6 is 22.9 Å². The Hall–Kier alpha value is -3.45. The van der Waals surface area contributed by atoms with Crippen LogP contribution in [0.5, 0.6) is 0 Å². The molecule has 4 heterocycles. The molecule has 5 rings (SSSR count). The maximum atomic E-state index is 13.1. The number of nitrogens with zero attached hydrogens (tertiary/aromatic N) is 6. The number of aliphatic imine (C=N–C) groups is 1. The fourth-order valence-corrected chi connectivity index (χ4v) is 4.72. The third kappa shape index (κ3) is 3.80. The molecule has 0 saturated carbocycles. The van der Waals surface area contributed by atoms with E-state index in [1.165, 1.54) is 27.2 Å². The van der Waals surface area contributed by atoms with E-state index >= 15 is 0 Å². The monoisotopic (exact) mass is 509 g/mol. The smallest absolute Gasteiger partial charge is 0.315 e. The molecular weight excluding hydrogens is 495 g/mol. The Morgan fingerprint density at radius 3 is 2.88 bits per heavy atom. The number of halogens is 4. The first-order chi connectivity index (χ1) is 16.1. The van der Waals surface area contributed by atoms with E-state index in [1.54, 1.807) is 7.05 Å². The van der Waals surface area contributed by atoms with Crippen molar-refractivity contribution < 1.29 is 22.8 Å². The second-order valence-corrected chi connectivity index (χ2v) is 8.79. The van der Waals surface area contributed by atoms with Crippen LogP contribution in [0.1, 0.15) is 16.1 Å². The van der Waals surface area contributed by atoms with Crippen molar-refractivity contribution >= 4 is 51.7 Å². The van der Waals surface area contributed by atoms with Gasteiger partial charge in [-0.15, -0.1) is 11.3 Å². The summed E-state index contributed by atoms with van der Waals surface area (Å²) in [5.41, 5.74) is -0.204. The zero-order valence-corrected chi connectivity index (χ0v) is 19.0. The van der Waals surface area contributed by atoms with Gasteiger partial charge in [0, 0.05) is 24.5 Å². The quantitative estimate of drug-likeness (QED) is 0.580. The standard InChI is InChI=1S/C20H15ClF3N7O2S/c1-29-17(33)15-16(31-5-4-25-19(29)31)26-9-30(15)7-14(32)28-18-27-13(8-34-18)10-2-3-12(21)11(6-10)20(22,23)24/h2-3,6,8-9H,4-5,7H2,1H3,(H,27,28,32). The molecule has 3 aromatic rings. The van der Waals surface area contributed by atoms with E-state index in [1.807, 2.05) is 4.90 Å². The summed E-state index contributed by atoms with van der Waals surface area (Å²) in [6.07, 6.45) is -3.19. The lowest BCUT2D eigenvalue weighted by Gasteiger charge is -2.30. The lowest BCUT2D eigenvalue weighted by atomic mass is 10.1. The molecule has 2 aromatic heterocycles. The van der Waals surface area contributed by atoms with Gasteiger partial charge in [0.05, 0.1) is 29.2 Å². The van der Waals surface area contributed by atoms with E-state index in [2.05, 4.69) is 20.3 Å². The highest BCUT2D eigenvalue weighted by molar-refractivity contribution is 7.14. The molecule has 0 fully saturated rings. The van der Waals surface area contributed by atoms with Crippen LogP contribution in [0.15, 0.2) is 34.9 Å². The lowest BCUT2D eigenvalue weighted by molar-refractivity contribution is -0.137. The first-order valence-corrected chi connectivity index (χ1v) is 11.2. The second-order valence-electron chi connectivity index (χ2n) is 7.52. The minimum Gasteiger partial charge on any atom is -0.315 e. The zero-order valence-electron chi connectivity index (χ0n) is 17.4. The molecule has 0 aliphatic carbocycles. The highest BCUT2D eigenvalue weighted by Gasteiger charge is 2.39. The molecular formula is C20H15ClF3N7O2S. The van der Waals surface area contributed by atoms with Crippen molar-refractivity contribution in [2.75, 3.05) is 30.4 Å². The van der Waals surface area contributed by atoms with Gasteiger partial charge >= 0.3 is 6.18 Å². The van der Waals surface area contributed by atoms with Crippen LogP contribution in [0.4, 0.5) is 24.1 Å². The van der Waals surface area contributed by atoms with Crippen LogP contribution in [-0.4, -0.2) is 57.3 Å². The van der Waals surface area contributed by atoms with Crippen LogP contribution in [0.3, 0.4) is 0 Å². The summed E-state index contributed by atoms with van der Waals surface area (Å²) in [4.78, 5) is 41.5. The van der Waals surface area contributed by atoms with Crippen molar-refractivity contribution in [1.29, 1.82) is 0 Å². The Kier molecular flexibility index (Phi) is 5.32. The minimum atomic E-state index is -4.60. The molecule has 1 N–H and O–H groups in total. The van der Waals surface area contributed by atoms with Crippen LogP contribution in [0.25, 0.3) is 11.3 Å². The number of anilines is 2. The molecule has 2 amide bonds. The van der Waals surface area contributed by atoms with Crippen LogP contribution in [-0.2, 0) is 17.5 Å². The number of amides is 2. The van der Waals surface area contributed by atoms with Crippen LogP contribution in [0.2, 0.25) is 5.02 Å². The summed E-state index contributed by atoms with van der Waals surface area (Å²) in [5, 5.41) is 3.94. The van der Waals surface area contributed by atoms with Gasteiger partial charge in [0.2, 0.25) is 11.9 Å². The number of thiazole rings is 1. The molecule has 0 radical (unpaired) electrons. The molecule has 14 heteroatoms. The van der Waals surface area contributed by atoms with Gasteiger partial charge in [-0.05, 0) is 12.1 Å². The Balaban J connectivity index is 1.33. The first-order valence-electron chi connectivity index (χ1n) is 9.91. The average Bonchev–Trinajstić information content (AvgIpc) is 3.51. The molecule has 9 nitrogen and oxygen atoms in total. The third-order valence-corrected chi connectivity index (χ3v) is 6.42. The Morgan fingerprint density at radius 2 is 2.12 bits per heavy atom. The number of benzene rings is 1. The molecule has 0 atom stereocenters. The van der Waals surface area contributed by atoms with Gasteiger partial charge < -0.3 is 9.88 Å². The number of nitrogens with one attached hydrogen (secondary N) is 1. The van der Waals surface area contributed by atoms with Gasteiger partial charge in [-0.25, -0.2) is 9.97 Å². The number of alkyl halides is 3. The Morgan fingerprint density at radius 1 is 1.32 bits per heavy atom. The topological polar surface area (TPSA) is 95.7 Å². The number of hydrogen-bond acceptors (Lipinski definition) is 7. The number of fused-ring (bicyclic) bond motifs is 3. The summed E-state index contributed by atoms with van der Waals surface area (Å²) in [6.45, 7) is 0.937. The zero-order chi connectivity index (χ0) is 24.2. The maximum absolute atomic E-state index is 13.1. The predicted molar refractivity (Wildman–Crippen MR) is 120 cm³/mol. The van der Waals surface area contributed by atoms with Gasteiger partial charge in [0.1, 0.15) is 6.54 Å². The molecule has 0 unspecified atom stereocenters. The SMILES string of the molecule is CN1C(=O)c2c(ncn2CC(=O)Nc2nc(-c3ccc(Cl)c(C(F)(F)F)c3)cs2)N2CCN=C12. The fraction of sp³-hybridized carbons (Fsp3) is 0.250. The molecule has 1 aromatic carbocycles. The molecule has 176 valence electrons. The second kappa shape index (κ2) is 8.09. The Bertz CT molecular complexity index is 1350. The first kappa shape index (κ1) is 22.3. The largest absolute Gasteiger partial charge is 0.417 e. The molecule has 0 saturated heterocycles. The molecule has 0 spiro atoms. The summed E-state index contributed by atoms with van der Waals surface area (Å²) in [5.74, 6) is 0.187. The van der Waals surface area contributed by atoms with Crippen molar-refractivity contribution in [3.8, 4) is 11.3 Å². The number of hydrogen-bond donors (Lipinski definition) is 1. The third-order valence-electron chi connectivity index (χ3n) is 5.33. The Labute approximate surface area is 199 Å². The molecule has 2 aliphatic heterocycles. The number of imidazole rings is 1. The van der Waals surface area contributed by atoms with E-state index in [-0.39, 0.29) is 34.5 Å². The summed E-state index contributed by atoms with van der Waals surface area (Å²) >= 11 is 6.73. The number of carbonyl (C=O) groups is 2. The predicted octanol–water partition coefficient (Wildman–Crippen LogP) is 3.58. The van der Waals surface area contributed by atoms with E-state index in [4.69, 9.17) is 11.6 Å². The van der Waals surface area contributed by atoms with Gasteiger partial charge in [-0.2, -0.15) is 13.2 Å².